The maximum absolute atomic E-state index is 12.2. The number of nitrogens with one attached hydrogen (secondary N) is 1. The number of hydrogen-bond acceptors (Lipinski definition) is 3. The molecule has 0 aliphatic heterocycles. The SMILES string of the molecule is C/C(=N/NC(=O)Cc1cccc2ccccc12)c1ccncc1. The highest BCUT2D eigenvalue weighted by atomic mass is 16.2. The van der Waals surface area contributed by atoms with Gasteiger partial charge in [0.1, 0.15) is 0 Å². The lowest BCUT2D eigenvalue weighted by molar-refractivity contribution is -0.120. The van der Waals surface area contributed by atoms with Crippen LogP contribution in [-0.2, 0) is 11.2 Å². The molecule has 0 radical (unpaired) electrons. The van der Waals surface area contributed by atoms with Crippen LogP contribution in [0.1, 0.15) is 18.1 Å². The van der Waals surface area contributed by atoms with Gasteiger partial charge in [-0.1, -0.05) is 42.5 Å². The van der Waals surface area contributed by atoms with Gasteiger partial charge in [0, 0.05) is 18.0 Å². The molecule has 0 atom stereocenters. The molecule has 0 saturated carbocycles. The van der Waals surface area contributed by atoms with Crippen LogP contribution in [0.2, 0.25) is 0 Å². The molecule has 1 amide bonds. The summed E-state index contributed by atoms with van der Waals surface area (Å²) in [4.78, 5) is 16.1. The molecule has 23 heavy (non-hydrogen) atoms. The van der Waals surface area contributed by atoms with Crippen LogP contribution >= 0.6 is 0 Å². The fourth-order valence-corrected chi connectivity index (χ4v) is 2.46. The summed E-state index contributed by atoms with van der Waals surface area (Å²) in [5.41, 5.74) is 5.30. The third-order valence-corrected chi connectivity index (χ3v) is 3.68. The highest BCUT2D eigenvalue weighted by Crippen LogP contribution is 2.18. The van der Waals surface area contributed by atoms with Gasteiger partial charge in [0.05, 0.1) is 12.1 Å². The number of carbonyl (C=O) groups is 1. The Morgan fingerprint density at radius 1 is 1.04 bits per heavy atom. The van der Waals surface area contributed by atoms with Crippen molar-refractivity contribution in [2.45, 2.75) is 13.3 Å². The number of hydrogen-bond donors (Lipinski definition) is 1. The third kappa shape index (κ3) is 3.61. The Bertz CT molecular complexity index is 851. The van der Waals surface area contributed by atoms with Crippen molar-refractivity contribution in [1.82, 2.24) is 10.4 Å². The van der Waals surface area contributed by atoms with Crippen LogP contribution in [0.5, 0.6) is 0 Å². The van der Waals surface area contributed by atoms with Crippen molar-refractivity contribution >= 4 is 22.4 Å². The molecule has 0 aliphatic rings. The number of nitrogens with zero attached hydrogens (tertiary/aromatic N) is 2. The van der Waals surface area contributed by atoms with E-state index in [1.165, 1.54) is 0 Å². The first kappa shape index (κ1) is 14.9. The quantitative estimate of drug-likeness (QED) is 0.594. The zero-order valence-electron chi connectivity index (χ0n) is 12.9. The van der Waals surface area contributed by atoms with E-state index in [0.29, 0.717) is 6.42 Å². The fraction of sp³-hybridized carbons (Fsp3) is 0.105. The maximum atomic E-state index is 12.2. The summed E-state index contributed by atoms with van der Waals surface area (Å²) in [6.45, 7) is 1.85. The molecule has 1 N–H and O–H groups in total. The summed E-state index contributed by atoms with van der Waals surface area (Å²) in [5, 5.41) is 6.39. The predicted octanol–water partition coefficient (Wildman–Crippen LogP) is 3.32. The Morgan fingerprint density at radius 3 is 2.61 bits per heavy atom. The van der Waals surface area contributed by atoms with Gasteiger partial charge in [-0.2, -0.15) is 5.10 Å². The van der Waals surface area contributed by atoms with Crippen molar-refractivity contribution in [1.29, 1.82) is 0 Å². The van der Waals surface area contributed by atoms with Crippen LogP contribution in [0.3, 0.4) is 0 Å². The van der Waals surface area contributed by atoms with Gasteiger partial charge in [-0.25, -0.2) is 5.43 Å². The molecule has 1 heterocycles. The summed E-state index contributed by atoms with van der Waals surface area (Å²) in [7, 11) is 0. The highest BCUT2D eigenvalue weighted by Gasteiger charge is 2.06. The summed E-state index contributed by atoms with van der Waals surface area (Å²) in [6, 6.07) is 17.8. The average Bonchev–Trinajstić information content (AvgIpc) is 2.61. The number of aromatic nitrogens is 1. The van der Waals surface area contributed by atoms with Crippen molar-refractivity contribution in [3.8, 4) is 0 Å². The number of benzene rings is 2. The van der Waals surface area contributed by atoms with Gasteiger partial charge < -0.3 is 0 Å². The lowest BCUT2D eigenvalue weighted by Gasteiger charge is -2.06. The molecule has 114 valence electrons. The predicted molar refractivity (Wildman–Crippen MR) is 92.2 cm³/mol. The van der Waals surface area contributed by atoms with Gasteiger partial charge in [0.15, 0.2) is 0 Å². The first-order valence-corrected chi connectivity index (χ1v) is 7.44. The number of fused-ring (bicyclic) bond motifs is 1. The van der Waals surface area contributed by atoms with E-state index in [4.69, 9.17) is 0 Å². The van der Waals surface area contributed by atoms with E-state index in [1.807, 2.05) is 61.5 Å². The maximum Gasteiger partial charge on any atom is 0.244 e. The molecule has 2 aromatic carbocycles. The van der Waals surface area contributed by atoms with Crippen LogP contribution in [0.4, 0.5) is 0 Å². The molecule has 4 heteroatoms. The first-order valence-electron chi connectivity index (χ1n) is 7.44. The van der Waals surface area contributed by atoms with Crippen LogP contribution in [0, 0.1) is 0 Å². The largest absolute Gasteiger partial charge is 0.273 e. The van der Waals surface area contributed by atoms with Crippen LogP contribution in [0.25, 0.3) is 10.8 Å². The van der Waals surface area contributed by atoms with E-state index >= 15 is 0 Å². The number of amides is 1. The Hall–Kier alpha value is -3.01. The summed E-state index contributed by atoms with van der Waals surface area (Å²) < 4.78 is 0. The number of pyridine rings is 1. The van der Waals surface area contributed by atoms with Gasteiger partial charge in [-0.15, -0.1) is 0 Å². The molecule has 3 rings (SSSR count). The zero-order valence-corrected chi connectivity index (χ0v) is 12.9. The number of hydrazone groups is 1. The van der Waals surface area contributed by atoms with Crippen molar-refractivity contribution in [3.05, 3.63) is 78.1 Å². The molecule has 0 bridgehead atoms. The van der Waals surface area contributed by atoms with Gasteiger partial charge in [0.2, 0.25) is 5.91 Å². The second-order valence-corrected chi connectivity index (χ2v) is 5.28. The monoisotopic (exact) mass is 303 g/mol. The number of rotatable bonds is 4. The second-order valence-electron chi connectivity index (χ2n) is 5.28. The van der Waals surface area contributed by atoms with Gasteiger partial charge in [-0.3, -0.25) is 9.78 Å². The minimum absolute atomic E-state index is 0.130. The van der Waals surface area contributed by atoms with Crippen molar-refractivity contribution < 1.29 is 4.79 Å². The van der Waals surface area contributed by atoms with E-state index < -0.39 is 0 Å². The lowest BCUT2D eigenvalue weighted by Crippen LogP contribution is -2.21. The van der Waals surface area contributed by atoms with Crippen LogP contribution < -0.4 is 5.43 Å². The van der Waals surface area contributed by atoms with E-state index in [1.54, 1.807) is 12.4 Å². The summed E-state index contributed by atoms with van der Waals surface area (Å²) >= 11 is 0. The molecule has 1 aromatic heterocycles. The summed E-state index contributed by atoms with van der Waals surface area (Å²) in [5.74, 6) is -0.130. The fourth-order valence-electron chi connectivity index (χ4n) is 2.46. The number of carbonyl (C=O) groups excluding carboxylic acids is 1. The van der Waals surface area contributed by atoms with Crippen molar-refractivity contribution in [2.75, 3.05) is 0 Å². The standard InChI is InChI=1S/C19H17N3O/c1-14(15-9-11-20-12-10-15)21-22-19(23)13-17-7-4-6-16-5-2-3-8-18(16)17/h2-12H,13H2,1H3,(H,22,23)/b21-14-. The van der Waals surface area contributed by atoms with E-state index in [9.17, 15) is 4.79 Å². The Kier molecular flexibility index (Phi) is 4.43. The molecule has 0 spiro atoms. The molecule has 4 nitrogen and oxygen atoms in total. The van der Waals surface area contributed by atoms with Gasteiger partial charge >= 0.3 is 0 Å². The second kappa shape index (κ2) is 6.83. The van der Waals surface area contributed by atoms with Gasteiger partial charge in [0.25, 0.3) is 0 Å². The normalized spacial score (nSPS) is 11.4. The molecule has 0 unspecified atom stereocenters. The Balaban J connectivity index is 1.72. The molecular formula is C19H17N3O. The minimum Gasteiger partial charge on any atom is -0.273 e. The highest BCUT2D eigenvalue weighted by molar-refractivity contribution is 5.99. The molecular weight excluding hydrogens is 286 g/mol. The molecule has 0 saturated heterocycles. The Labute approximate surface area is 134 Å². The van der Waals surface area contributed by atoms with Crippen LogP contribution in [-0.4, -0.2) is 16.6 Å². The third-order valence-electron chi connectivity index (χ3n) is 3.68. The molecule has 0 fully saturated rings. The topological polar surface area (TPSA) is 54.4 Å². The molecule has 3 aromatic rings. The molecule has 0 aliphatic carbocycles. The minimum atomic E-state index is -0.130. The first-order chi connectivity index (χ1) is 11.2. The van der Waals surface area contributed by atoms with Crippen LogP contribution in [0.15, 0.2) is 72.1 Å². The smallest absolute Gasteiger partial charge is 0.244 e. The van der Waals surface area contributed by atoms with Crippen molar-refractivity contribution in [2.24, 2.45) is 5.10 Å². The van der Waals surface area contributed by atoms with Crippen molar-refractivity contribution in [3.63, 3.8) is 0 Å². The average molecular weight is 303 g/mol. The zero-order chi connectivity index (χ0) is 16.1. The lowest BCUT2D eigenvalue weighted by atomic mass is 10.0. The van der Waals surface area contributed by atoms with E-state index in [-0.39, 0.29) is 5.91 Å². The van der Waals surface area contributed by atoms with Gasteiger partial charge in [-0.05, 0) is 35.4 Å². The van der Waals surface area contributed by atoms with E-state index in [0.717, 1.165) is 27.6 Å². The Morgan fingerprint density at radius 2 is 1.78 bits per heavy atom. The summed E-state index contributed by atoms with van der Waals surface area (Å²) in [6.07, 6.45) is 3.70. The van der Waals surface area contributed by atoms with E-state index in [2.05, 4.69) is 15.5 Å².